The minimum absolute atomic E-state index is 0.193. The molecule has 3 rings (SSSR count). The van der Waals surface area contributed by atoms with Gasteiger partial charge in [0.2, 0.25) is 0 Å². The first-order valence-corrected chi connectivity index (χ1v) is 7.29. The maximum atomic E-state index is 12.6. The summed E-state index contributed by atoms with van der Waals surface area (Å²) in [5, 5.41) is 0. The molecule has 0 N–H and O–H groups in total. The second-order valence-electron chi connectivity index (χ2n) is 5.19. The highest BCUT2D eigenvalue weighted by atomic mass is 16.5. The highest BCUT2D eigenvalue weighted by Gasteiger charge is 2.33. The van der Waals surface area contributed by atoms with E-state index in [1.54, 1.807) is 29.4 Å². The third-order valence-corrected chi connectivity index (χ3v) is 3.79. The van der Waals surface area contributed by atoms with E-state index in [4.69, 9.17) is 9.15 Å². The Morgan fingerprint density at radius 2 is 2.09 bits per heavy atom. The number of benzene rings is 1. The van der Waals surface area contributed by atoms with E-state index in [9.17, 15) is 9.59 Å². The van der Waals surface area contributed by atoms with Crippen LogP contribution in [0.2, 0.25) is 0 Å². The smallest absolute Gasteiger partial charge is 0.339 e. The summed E-state index contributed by atoms with van der Waals surface area (Å²) in [5.74, 6) is 0.0775. The Kier molecular flexibility index (Phi) is 3.96. The SMILES string of the molecule is CCN(Cc1ccco1)C(=O)C1Cc2ccccc2C(=O)O1. The van der Waals surface area contributed by atoms with Crippen molar-refractivity contribution in [1.82, 2.24) is 4.90 Å². The number of likely N-dealkylation sites (N-methyl/N-ethyl adjacent to an activating group) is 1. The second-order valence-corrected chi connectivity index (χ2v) is 5.19. The van der Waals surface area contributed by atoms with Crippen LogP contribution in [0, 0.1) is 0 Å². The van der Waals surface area contributed by atoms with E-state index in [1.807, 2.05) is 25.1 Å². The molecule has 0 saturated carbocycles. The molecular formula is C17H17NO4. The molecule has 1 aromatic heterocycles. The highest BCUT2D eigenvalue weighted by Crippen LogP contribution is 2.22. The van der Waals surface area contributed by atoms with Gasteiger partial charge in [0, 0.05) is 13.0 Å². The maximum absolute atomic E-state index is 12.6. The fourth-order valence-corrected chi connectivity index (χ4v) is 2.61. The number of furan rings is 1. The van der Waals surface area contributed by atoms with Crippen molar-refractivity contribution in [2.45, 2.75) is 26.0 Å². The zero-order valence-electron chi connectivity index (χ0n) is 12.3. The number of rotatable bonds is 4. The average Bonchev–Trinajstić information content (AvgIpc) is 3.05. The molecule has 0 bridgehead atoms. The molecule has 22 heavy (non-hydrogen) atoms. The van der Waals surface area contributed by atoms with Gasteiger partial charge in [0.15, 0.2) is 6.10 Å². The number of nitrogens with zero attached hydrogens (tertiary/aromatic N) is 1. The van der Waals surface area contributed by atoms with E-state index in [2.05, 4.69) is 0 Å². The summed E-state index contributed by atoms with van der Waals surface area (Å²) in [4.78, 5) is 26.3. The third-order valence-electron chi connectivity index (χ3n) is 3.79. The van der Waals surface area contributed by atoms with Gasteiger partial charge in [0.1, 0.15) is 5.76 Å². The first-order chi connectivity index (χ1) is 10.7. The van der Waals surface area contributed by atoms with Gasteiger partial charge >= 0.3 is 5.97 Å². The Bertz CT molecular complexity index is 678. The van der Waals surface area contributed by atoms with E-state index >= 15 is 0 Å². The lowest BCUT2D eigenvalue weighted by Gasteiger charge is -2.28. The molecule has 5 nitrogen and oxygen atoms in total. The molecule has 114 valence electrons. The van der Waals surface area contributed by atoms with Gasteiger partial charge in [-0.05, 0) is 30.7 Å². The summed E-state index contributed by atoms with van der Waals surface area (Å²) in [6.45, 7) is 2.78. The van der Waals surface area contributed by atoms with Crippen molar-refractivity contribution in [1.29, 1.82) is 0 Å². The van der Waals surface area contributed by atoms with Crippen molar-refractivity contribution in [2.24, 2.45) is 0 Å². The van der Waals surface area contributed by atoms with Crippen LogP contribution in [0.4, 0.5) is 0 Å². The standard InChI is InChI=1S/C17H17NO4/c1-2-18(11-13-7-5-9-21-13)16(19)15-10-12-6-3-4-8-14(12)17(20)22-15/h3-9,15H,2,10-11H2,1H3. The van der Waals surface area contributed by atoms with Crippen LogP contribution in [0.5, 0.6) is 0 Å². The molecule has 1 aliphatic heterocycles. The Hall–Kier alpha value is -2.56. The molecule has 0 radical (unpaired) electrons. The van der Waals surface area contributed by atoms with E-state index in [-0.39, 0.29) is 5.91 Å². The molecule has 1 unspecified atom stereocenters. The van der Waals surface area contributed by atoms with Crippen LogP contribution < -0.4 is 0 Å². The van der Waals surface area contributed by atoms with Crippen LogP contribution in [0.15, 0.2) is 47.1 Å². The number of hydrogen-bond acceptors (Lipinski definition) is 4. The van der Waals surface area contributed by atoms with Crippen molar-refractivity contribution in [3.8, 4) is 0 Å². The van der Waals surface area contributed by atoms with E-state index in [0.717, 1.165) is 5.56 Å². The fourth-order valence-electron chi connectivity index (χ4n) is 2.61. The van der Waals surface area contributed by atoms with Crippen molar-refractivity contribution in [2.75, 3.05) is 6.54 Å². The molecule has 1 aliphatic rings. The molecule has 0 aliphatic carbocycles. The van der Waals surface area contributed by atoms with Crippen LogP contribution in [-0.4, -0.2) is 29.4 Å². The predicted molar refractivity (Wildman–Crippen MR) is 79.1 cm³/mol. The lowest BCUT2D eigenvalue weighted by Crippen LogP contribution is -2.44. The van der Waals surface area contributed by atoms with Crippen molar-refractivity contribution in [3.05, 3.63) is 59.5 Å². The highest BCUT2D eigenvalue weighted by molar-refractivity contribution is 5.95. The van der Waals surface area contributed by atoms with Gasteiger partial charge < -0.3 is 14.1 Å². The van der Waals surface area contributed by atoms with Crippen molar-refractivity contribution >= 4 is 11.9 Å². The number of esters is 1. The minimum atomic E-state index is -0.766. The zero-order chi connectivity index (χ0) is 15.5. The second kappa shape index (κ2) is 6.05. The van der Waals surface area contributed by atoms with Gasteiger partial charge in [-0.1, -0.05) is 18.2 Å². The summed E-state index contributed by atoms with van der Waals surface area (Å²) in [6, 6.07) is 10.8. The molecule has 2 heterocycles. The molecule has 1 atom stereocenters. The fraction of sp³-hybridized carbons (Fsp3) is 0.294. The zero-order valence-corrected chi connectivity index (χ0v) is 12.3. The number of fused-ring (bicyclic) bond motifs is 1. The van der Waals surface area contributed by atoms with Gasteiger partial charge in [-0.25, -0.2) is 4.79 Å². The predicted octanol–water partition coefficient (Wildman–Crippen LogP) is 2.41. The largest absolute Gasteiger partial charge is 0.467 e. The van der Waals surface area contributed by atoms with Gasteiger partial charge in [-0.15, -0.1) is 0 Å². The molecule has 0 fully saturated rings. The van der Waals surface area contributed by atoms with Gasteiger partial charge in [0.25, 0.3) is 5.91 Å². The van der Waals surface area contributed by atoms with Crippen LogP contribution in [0.3, 0.4) is 0 Å². The first kappa shape index (κ1) is 14.4. The summed E-state index contributed by atoms with van der Waals surface area (Å²) >= 11 is 0. The molecular weight excluding hydrogens is 282 g/mol. The van der Waals surface area contributed by atoms with Crippen LogP contribution in [0.25, 0.3) is 0 Å². The molecule has 2 aromatic rings. The maximum Gasteiger partial charge on any atom is 0.339 e. The Balaban J connectivity index is 1.76. The number of ether oxygens (including phenoxy) is 1. The summed E-state index contributed by atoms with van der Waals surface area (Å²) < 4.78 is 10.6. The lowest BCUT2D eigenvalue weighted by atomic mass is 9.98. The van der Waals surface area contributed by atoms with Crippen molar-refractivity contribution < 1.29 is 18.7 Å². The van der Waals surface area contributed by atoms with E-state index in [0.29, 0.717) is 30.8 Å². The average molecular weight is 299 g/mol. The van der Waals surface area contributed by atoms with E-state index in [1.165, 1.54) is 0 Å². The number of cyclic esters (lactones) is 1. The van der Waals surface area contributed by atoms with Crippen molar-refractivity contribution in [3.63, 3.8) is 0 Å². The van der Waals surface area contributed by atoms with Gasteiger partial charge in [0.05, 0.1) is 18.4 Å². The summed E-state index contributed by atoms with van der Waals surface area (Å²) in [7, 11) is 0. The Morgan fingerprint density at radius 3 is 2.82 bits per heavy atom. The normalized spacial score (nSPS) is 16.8. The van der Waals surface area contributed by atoms with Crippen LogP contribution in [0.1, 0.15) is 28.6 Å². The lowest BCUT2D eigenvalue weighted by molar-refractivity contribution is -0.141. The molecule has 5 heteroatoms. The summed E-state index contributed by atoms with van der Waals surface area (Å²) in [6.07, 6.45) is 1.22. The third kappa shape index (κ3) is 2.74. The first-order valence-electron chi connectivity index (χ1n) is 7.29. The Labute approximate surface area is 128 Å². The van der Waals surface area contributed by atoms with Crippen LogP contribution >= 0.6 is 0 Å². The summed E-state index contributed by atoms with van der Waals surface area (Å²) in [5.41, 5.74) is 1.40. The minimum Gasteiger partial charge on any atom is -0.467 e. The molecule has 0 saturated heterocycles. The molecule has 1 aromatic carbocycles. The number of carbonyl (C=O) groups excluding carboxylic acids is 2. The number of hydrogen-bond donors (Lipinski definition) is 0. The molecule has 1 amide bonds. The number of amides is 1. The number of carbonyl (C=O) groups is 2. The Morgan fingerprint density at radius 1 is 1.27 bits per heavy atom. The topological polar surface area (TPSA) is 59.8 Å². The molecule has 0 spiro atoms. The van der Waals surface area contributed by atoms with Gasteiger partial charge in [-0.2, -0.15) is 0 Å². The van der Waals surface area contributed by atoms with E-state index < -0.39 is 12.1 Å². The quantitative estimate of drug-likeness (QED) is 0.813. The monoisotopic (exact) mass is 299 g/mol. The van der Waals surface area contributed by atoms with Crippen LogP contribution in [-0.2, 0) is 22.5 Å². The van der Waals surface area contributed by atoms with Gasteiger partial charge in [-0.3, -0.25) is 4.79 Å².